The molecule has 0 unspecified atom stereocenters. The molecule has 1 rings (SSSR count). The van der Waals surface area contributed by atoms with Crippen molar-refractivity contribution in [2.75, 3.05) is 11.5 Å². The first-order valence-electron chi connectivity index (χ1n) is 3.90. The predicted molar refractivity (Wildman–Crippen MR) is 60.4 cm³/mol. The van der Waals surface area contributed by atoms with Gasteiger partial charge in [0, 0.05) is 5.69 Å². The molecule has 80 valence electrons. The summed E-state index contributed by atoms with van der Waals surface area (Å²) in [6.45, 7) is 0. The zero-order valence-electron chi connectivity index (χ0n) is 7.70. The molecule has 0 atom stereocenters. The van der Waals surface area contributed by atoms with Crippen LogP contribution in [0.4, 0.5) is 11.4 Å². The van der Waals surface area contributed by atoms with Gasteiger partial charge >= 0.3 is 0 Å². The average molecular weight is 228 g/mol. The van der Waals surface area contributed by atoms with Crippen LogP contribution in [-0.4, -0.2) is 11.9 Å². The maximum atomic E-state index is 11.4. The summed E-state index contributed by atoms with van der Waals surface area (Å²) in [5, 5.41) is 0.221. The molecule has 0 saturated carbocycles. The Balaban J connectivity index is 3.21. The summed E-state index contributed by atoms with van der Waals surface area (Å²) in [5.74, 6) is -0.998. The molecule has 0 aliphatic carbocycles. The highest BCUT2D eigenvalue weighted by Crippen LogP contribution is 2.25. The van der Waals surface area contributed by atoms with Gasteiger partial charge in [-0.1, -0.05) is 11.6 Å². The minimum absolute atomic E-state index is 0.114. The number of benzene rings is 1. The number of nitrogen functional groups attached to an aromatic ring is 2. The zero-order valence-corrected chi connectivity index (χ0v) is 8.45. The fourth-order valence-corrected chi connectivity index (χ4v) is 1.13. The Morgan fingerprint density at radius 3 is 2.33 bits per heavy atom. The molecule has 6 nitrogen and oxygen atoms in total. The van der Waals surface area contributed by atoms with Crippen LogP contribution in [0, 0.1) is 0 Å². The summed E-state index contributed by atoms with van der Waals surface area (Å²) in [6.07, 6.45) is 0. The van der Waals surface area contributed by atoms with Crippen LogP contribution in [0.25, 0.3) is 0 Å². The summed E-state index contributed by atoms with van der Waals surface area (Å²) in [6, 6.07) is 2.69. The Morgan fingerprint density at radius 2 is 1.80 bits per heavy atom. The van der Waals surface area contributed by atoms with Crippen LogP contribution in [0.3, 0.4) is 0 Å². The highest BCUT2D eigenvalue weighted by Gasteiger charge is 2.11. The fraction of sp³-hybridized carbons (Fsp3) is 0. The molecule has 1 amide bonds. The lowest BCUT2D eigenvalue weighted by Crippen LogP contribution is -2.24. The molecule has 0 radical (unpaired) electrons. The second kappa shape index (κ2) is 4.05. The number of nitrogens with zero attached hydrogens (tertiary/aromatic N) is 1. The second-order valence-electron chi connectivity index (χ2n) is 2.80. The van der Waals surface area contributed by atoms with Gasteiger partial charge in [-0.3, -0.25) is 4.79 Å². The quantitative estimate of drug-likeness (QED) is 0.302. The number of anilines is 2. The van der Waals surface area contributed by atoms with E-state index in [2.05, 4.69) is 4.99 Å². The second-order valence-corrected chi connectivity index (χ2v) is 3.21. The molecule has 0 saturated heterocycles. The summed E-state index contributed by atoms with van der Waals surface area (Å²) in [5.41, 5.74) is 21.7. The third-order valence-electron chi connectivity index (χ3n) is 1.63. The van der Waals surface area contributed by atoms with Gasteiger partial charge in [-0.15, -0.1) is 0 Å². The average Bonchev–Trinajstić information content (AvgIpc) is 2.09. The highest BCUT2D eigenvalue weighted by molar-refractivity contribution is 6.33. The van der Waals surface area contributed by atoms with Crippen molar-refractivity contribution in [2.24, 2.45) is 16.5 Å². The number of halogens is 1. The van der Waals surface area contributed by atoms with Crippen molar-refractivity contribution in [2.45, 2.75) is 0 Å². The molecule has 1 aromatic carbocycles. The van der Waals surface area contributed by atoms with Crippen molar-refractivity contribution < 1.29 is 4.79 Å². The van der Waals surface area contributed by atoms with Crippen LogP contribution in [0.5, 0.6) is 0 Å². The molecule has 1 aromatic rings. The first-order valence-corrected chi connectivity index (χ1v) is 4.28. The number of nitrogens with two attached hydrogens (primary N) is 4. The fourth-order valence-electron chi connectivity index (χ4n) is 0.970. The third kappa shape index (κ3) is 2.50. The lowest BCUT2D eigenvalue weighted by Gasteiger charge is -2.04. The molecule has 7 heteroatoms. The van der Waals surface area contributed by atoms with Gasteiger partial charge in [-0.25, -0.2) is 0 Å². The summed E-state index contributed by atoms with van der Waals surface area (Å²) in [4.78, 5) is 14.7. The molecular formula is C8H10ClN5O. The van der Waals surface area contributed by atoms with E-state index in [-0.39, 0.29) is 27.9 Å². The first-order chi connectivity index (χ1) is 6.91. The number of aliphatic imine (C=N–C) groups is 1. The molecule has 0 spiro atoms. The lowest BCUT2D eigenvalue weighted by atomic mass is 10.1. The predicted octanol–water partition coefficient (Wildman–Crippen LogP) is -0.0820. The van der Waals surface area contributed by atoms with Crippen molar-refractivity contribution in [3.63, 3.8) is 0 Å². The Bertz CT molecular complexity index is 439. The van der Waals surface area contributed by atoms with E-state index in [0.717, 1.165) is 0 Å². The van der Waals surface area contributed by atoms with Crippen LogP contribution in [0.15, 0.2) is 17.1 Å². The lowest BCUT2D eigenvalue weighted by molar-refractivity contribution is 0.100. The van der Waals surface area contributed by atoms with Gasteiger partial charge in [0.25, 0.3) is 5.91 Å². The van der Waals surface area contributed by atoms with Crippen LogP contribution >= 0.6 is 11.6 Å². The van der Waals surface area contributed by atoms with Crippen LogP contribution < -0.4 is 22.9 Å². The zero-order chi connectivity index (χ0) is 11.6. The molecular weight excluding hydrogens is 218 g/mol. The van der Waals surface area contributed by atoms with E-state index in [1.54, 1.807) is 0 Å². The standard InChI is InChI=1S/C8H10ClN5O/c9-4-1-3(5(10)2-6(4)11)7(15)14-8(12)13/h1-2H,10-11H2,(H4,12,13,14,15). The van der Waals surface area contributed by atoms with Gasteiger partial charge in [-0.05, 0) is 12.1 Å². The van der Waals surface area contributed by atoms with E-state index in [4.69, 9.17) is 34.5 Å². The molecule has 0 heterocycles. The minimum Gasteiger partial charge on any atom is -0.398 e. The molecule has 15 heavy (non-hydrogen) atoms. The minimum atomic E-state index is -0.658. The number of amides is 1. The van der Waals surface area contributed by atoms with E-state index < -0.39 is 5.91 Å². The normalized spacial score (nSPS) is 9.67. The van der Waals surface area contributed by atoms with Crippen LogP contribution in [-0.2, 0) is 0 Å². The smallest absolute Gasteiger partial charge is 0.282 e. The number of hydrogen-bond donors (Lipinski definition) is 4. The Labute approximate surface area is 90.9 Å². The van der Waals surface area contributed by atoms with Gasteiger partial charge in [0.05, 0.1) is 16.3 Å². The van der Waals surface area contributed by atoms with E-state index in [1.807, 2.05) is 0 Å². The van der Waals surface area contributed by atoms with Gasteiger partial charge in [0.15, 0.2) is 5.96 Å². The van der Waals surface area contributed by atoms with Gasteiger partial charge in [0.2, 0.25) is 0 Å². The van der Waals surface area contributed by atoms with Crippen molar-refractivity contribution >= 4 is 34.8 Å². The molecule has 0 aliphatic rings. The number of rotatable bonds is 1. The topological polar surface area (TPSA) is 134 Å². The molecule has 0 aromatic heterocycles. The Hall–Kier alpha value is -1.95. The third-order valence-corrected chi connectivity index (χ3v) is 1.96. The van der Waals surface area contributed by atoms with E-state index in [1.165, 1.54) is 12.1 Å². The monoisotopic (exact) mass is 227 g/mol. The molecule has 0 aliphatic heterocycles. The number of guanidine groups is 1. The first kappa shape index (κ1) is 11.1. The summed E-state index contributed by atoms with van der Waals surface area (Å²) >= 11 is 5.72. The summed E-state index contributed by atoms with van der Waals surface area (Å²) < 4.78 is 0. The van der Waals surface area contributed by atoms with Gasteiger partial charge < -0.3 is 22.9 Å². The summed E-state index contributed by atoms with van der Waals surface area (Å²) in [7, 11) is 0. The maximum Gasteiger partial charge on any atom is 0.282 e. The largest absolute Gasteiger partial charge is 0.398 e. The number of hydrogen-bond acceptors (Lipinski definition) is 3. The van der Waals surface area contributed by atoms with Crippen molar-refractivity contribution in [1.82, 2.24) is 0 Å². The SMILES string of the molecule is NC(N)=NC(=O)c1cc(Cl)c(N)cc1N. The molecule has 0 bridgehead atoms. The highest BCUT2D eigenvalue weighted by atomic mass is 35.5. The van der Waals surface area contributed by atoms with Crippen molar-refractivity contribution in [3.8, 4) is 0 Å². The number of carbonyl (C=O) groups is 1. The van der Waals surface area contributed by atoms with Gasteiger partial charge in [-0.2, -0.15) is 4.99 Å². The van der Waals surface area contributed by atoms with Gasteiger partial charge in [0.1, 0.15) is 0 Å². The van der Waals surface area contributed by atoms with Crippen LogP contribution in [0.1, 0.15) is 10.4 Å². The van der Waals surface area contributed by atoms with Crippen molar-refractivity contribution in [1.29, 1.82) is 0 Å². The van der Waals surface area contributed by atoms with Crippen molar-refractivity contribution in [3.05, 3.63) is 22.7 Å². The van der Waals surface area contributed by atoms with E-state index in [9.17, 15) is 4.79 Å². The van der Waals surface area contributed by atoms with E-state index >= 15 is 0 Å². The Kier molecular flexibility index (Phi) is 3.01. The number of carbonyl (C=O) groups excluding carboxylic acids is 1. The molecule has 8 N–H and O–H groups in total. The molecule has 0 fully saturated rings. The Morgan fingerprint density at radius 1 is 1.20 bits per heavy atom. The van der Waals surface area contributed by atoms with Crippen LogP contribution in [0.2, 0.25) is 5.02 Å². The van der Waals surface area contributed by atoms with E-state index in [0.29, 0.717) is 0 Å². The maximum absolute atomic E-state index is 11.4.